The van der Waals surface area contributed by atoms with E-state index in [-0.39, 0.29) is 5.84 Å². The number of carbonyl (C=O) groups is 1. The molecule has 0 fully saturated rings. The van der Waals surface area contributed by atoms with Crippen LogP contribution in [0.5, 0.6) is 0 Å². The Balaban J connectivity index is 3.07. The number of hydrogen-bond donors (Lipinski definition) is 3. The molecule has 0 aliphatic heterocycles. The Morgan fingerprint density at radius 3 is 2.55 bits per heavy atom. The molecule has 20 heavy (non-hydrogen) atoms. The Kier molecular flexibility index (Phi) is 4.72. The summed E-state index contributed by atoms with van der Waals surface area (Å²) in [6.07, 6.45) is 0.997. The van der Waals surface area contributed by atoms with Crippen LogP contribution in [0.15, 0.2) is 23.4 Å². The number of sulfone groups is 1. The minimum Gasteiger partial charge on any atom is -0.409 e. The van der Waals surface area contributed by atoms with E-state index < -0.39 is 21.0 Å². The highest BCUT2D eigenvalue weighted by molar-refractivity contribution is 7.92. The van der Waals surface area contributed by atoms with E-state index in [1.807, 2.05) is 0 Å². The molecule has 7 nitrogen and oxygen atoms in total. The number of nitrogens with zero attached hydrogens (tertiary/aromatic N) is 1. The summed E-state index contributed by atoms with van der Waals surface area (Å²) in [6.45, 7) is 3.06. The highest BCUT2D eigenvalue weighted by Gasteiger charge is 2.24. The summed E-state index contributed by atoms with van der Waals surface area (Å²) in [5, 5.41) is 12.9. The molecule has 1 unspecified atom stereocenters. The van der Waals surface area contributed by atoms with Crippen molar-refractivity contribution in [2.24, 2.45) is 10.9 Å². The molecule has 0 saturated heterocycles. The number of carbonyl (C=O) groups excluding carboxylic acids is 1. The Morgan fingerprint density at radius 1 is 1.45 bits per heavy atom. The largest absolute Gasteiger partial charge is 0.409 e. The summed E-state index contributed by atoms with van der Waals surface area (Å²) in [5.41, 5.74) is 7.02. The smallest absolute Gasteiger partial charge is 0.242 e. The number of hydrogen-bond acceptors (Lipinski definition) is 5. The van der Waals surface area contributed by atoms with E-state index in [1.165, 1.54) is 13.0 Å². The molecule has 0 heterocycles. The number of anilines is 1. The Bertz CT molecular complexity index is 653. The molecule has 1 aromatic carbocycles. The van der Waals surface area contributed by atoms with Gasteiger partial charge in [-0.05, 0) is 25.5 Å². The fourth-order valence-electron chi connectivity index (χ4n) is 1.40. The first kappa shape index (κ1) is 16.0. The van der Waals surface area contributed by atoms with Crippen molar-refractivity contribution in [3.8, 4) is 0 Å². The SMILES string of the molecule is Cc1ccc(/C(N)=N/O)cc1NC(=O)C(C)S(C)(=O)=O. The molecular weight excluding hydrogens is 282 g/mol. The number of oxime groups is 1. The molecular formula is C12H17N3O4S. The average Bonchev–Trinajstić information content (AvgIpc) is 2.38. The van der Waals surface area contributed by atoms with E-state index in [9.17, 15) is 13.2 Å². The first-order valence-corrected chi connectivity index (χ1v) is 7.70. The van der Waals surface area contributed by atoms with Crippen LogP contribution in [0.1, 0.15) is 18.1 Å². The van der Waals surface area contributed by atoms with Gasteiger partial charge in [0.25, 0.3) is 0 Å². The number of nitrogens with one attached hydrogen (secondary N) is 1. The van der Waals surface area contributed by atoms with Crippen LogP contribution < -0.4 is 11.1 Å². The molecule has 4 N–H and O–H groups in total. The molecule has 0 aromatic heterocycles. The summed E-state index contributed by atoms with van der Waals surface area (Å²) in [5.74, 6) is -0.732. The van der Waals surface area contributed by atoms with Crippen LogP contribution in [0, 0.1) is 6.92 Å². The van der Waals surface area contributed by atoms with E-state index in [2.05, 4.69) is 10.5 Å². The van der Waals surface area contributed by atoms with Crippen LogP contribution in [0.4, 0.5) is 5.69 Å². The van der Waals surface area contributed by atoms with Crippen molar-refractivity contribution in [1.29, 1.82) is 0 Å². The van der Waals surface area contributed by atoms with Crippen molar-refractivity contribution in [3.63, 3.8) is 0 Å². The maximum atomic E-state index is 11.9. The maximum Gasteiger partial charge on any atom is 0.242 e. The van der Waals surface area contributed by atoms with Gasteiger partial charge in [-0.1, -0.05) is 17.3 Å². The second kappa shape index (κ2) is 5.91. The standard InChI is InChI=1S/C12H17N3O4S/c1-7-4-5-9(11(13)15-17)6-10(7)14-12(16)8(2)20(3,18)19/h4-6,8,17H,1-3H3,(H2,13,15)(H,14,16). The molecule has 1 atom stereocenters. The molecule has 0 bridgehead atoms. The van der Waals surface area contributed by atoms with Gasteiger partial charge in [-0.25, -0.2) is 8.42 Å². The van der Waals surface area contributed by atoms with E-state index in [1.54, 1.807) is 19.1 Å². The van der Waals surface area contributed by atoms with E-state index in [0.29, 0.717) is 11.3 Å². The summed E-state index contributed by atoms with van der Waals surface area (Å²) < 4.78 is 22.7. The van der Waals surface area contributed by atoms with E-state index >= 15 is 0 Å². The van der Waals surface area contributed by atoms with Crippen LogP contribution in [-0.4, -0.2) is 36.9 Å². The molecule has 1 aromatic rings. The lowest BCUT2D eigenvalue weighted by atomic mass is 10.1. The number of benzene rings is 1. The lowest BCUT2D eigenvalue weighted by Crippen LogP contribution is -2.32. The molecule has 0 aliphatic rings. The number of aryl methyl sites for hydroxylation is 1. The van der Waals surface area contributed by atoms with Gasteiger partial charge in [0.05, 0.1) is 0 Å². The molecule has 0 saturated carbocycles. The summed E-state index contributed by atoms with van der Waals surface area (Å²) >= 11 is 0. The van der Waals surface area contributed by atoms with Gasteiger partial charge in [0.2, 0.25) is 5.91 Å². The zero-order valence-corrected chi connectivity index (χ0v) is 12.2. The Labute approximate surface area is 117 Å². The van der Waals surface area contributed by atoms with Crippen molar-refractivity contribution >= 4 is 27.3 Å². The quantitative estimate of drug-likeness (QED) is 0.323. The van der Waals surface area contributed by atoms with Gasteiger partial charge in [-0.15, -0.1) is 0 Å². The van der Waals surface area contributed by atoms with Gasteiger partial charge in [-0.3, -0.25) is 4.79 Å². The molecule has 0 spiro atoms. The van der Waals surface area contributed by atoms with Crippen LogP contribution in [0.3, 0.4) is 0 Å². The van der Waals surface area contributed by atoms with Crippen molar-refractivity contribution in [3.05, 3.63) is 29.3 Å². The van der Waals surface area contributed by atoms with Crippen LogP contribution in [0.25, 0.3) is 0 Å². The van der Waals surface area contributed by atoms with Gasteiger partial charge in [0, 0.05) is 17.5 Å². The first-order chi connectivity index (χ1) is 9.16. The number of amides is 1. The third-order valence-corrected chi connectivity index (χ3v) is 4.41. The second-order valence-electron chi connectivity index (χ2n) is 4.48. The van der Waals surface area contributed by atoms with Crippen molar-refractivity contribution in [1.82, 2.24) is 0 Å². The lowest BCUT2D eigenvalue weighted by Gasteiger charge is -2.13. The molecule has 1 amide bonds. The van der Waals surface area contributed by atoms with E-state index in [4.69, 9.17) is 10.9 Å². The average molecular weight is 299 g/mol. The van der Waals surface area contributed by atoms with Gasteiger partial charge < -0.3 is 16.3 Å². The fourth-order valence-corrected chi connectivity index (χ4v) is 1.85. The van der Waals surface area contributed by atoms with Crippen molar-refractivity contribution < 1.29 is 18.4 Å². The number of rotatable bonds is 4. The third kappa shape index (κ3) is 3.70. The molecule has 1 rings (SSSR count). The zero-order valence-electron chi connectivity index (χ0n) is 11.4. The van der Waals surface area contributed by atoms with Crippen molar-refractivity contribution in [2.45, 2.75) is 19.1 Å². The number of nitrogens with two attached hydrogens (primary N) is 1. The fraction of sp³-hybridized carbons (Fsp3) is 0.333. The molecule has 8 heteroatoms. The van der Waals surface area contributed by atoms with Gasteiger partial charge in [0.1, 0.15) is 5.25 Å². The van der Waals surface area contributed by atoms with Crippen LogP contribution in [0.2, 0.25) is 0 Å². The predicted octanol–water partition coefficient (Wildman–Crippen LogP) is 0.461. The first-order valence-electron chi connectivity index (χ1n) is 5.75. The van der Waals surface area contributed by atoms with Gasteiger partial charge >= 0.3 is 0 Å². The van der Waals surface area contributed by atoms with Crippen LogP contribution in [-0.2, 0) is 14.6 Å². The minimum atomic E-state index is -3.47. The molecule has 110 valence electrons. The summed E-state index contributed by atoms with van der Waals surface area (Å²) in [4.78, 5) is 11.9. The number of amidine groups is 1. The predicted molar refractivity (Wildman–Crippen MR) is 76.6 cm³/mol. The van der Waals surface area contributed by atoms with E-state index in [0.717, 1.165) is 11.8 Å². The topological polar surface area (TPSA) is 122 Å². The highest BCUT2D eigenvalue weighted by atomic mass is 32.2. The van der Waals surface area contributed by atoms with Gasteiger partial charge in [0.15, 0.2) is 15.7 Å². The highest BCUT2D eigenvalue weighted by Crippen LogP contribution is 2.17. The third-order valence-electron chi connectivity index (χ3n) is 2.91. The summed E-state index contributed by atoms with van der Waals surface area (Å²) in [7, 11) is -3.47. The summed E-state index contributed by atoms with van der Waals surface area (Å²) in [6, 6.07) is 4.81. The maximum absolute atomic E-state index is 11.9. The van der Waals surface area contributed by atoms with Crippen molar-refractivity contribution in [2.75, 3.05) is 11.6 Å². The Hall–Kier alpha value is -2.09. The normalized spacial score (nSPS) is 13.8. The lowest BCUT2D eigenvalue weighted by molar-refractivity contribution is -0.115. The molecule has 0 radical (unpaired) electrons. The monoisotopic (exact) mass is 299 g/mol. The minimum absolute atomic E-state index is 0.100. The molecule has 0 aliphatic carbocycles. The van der Waals surface area contributed by atoms with Crippen LogP contribution >= 0.6 is 0 Å². The van der Waals surface area contributed by atoms with Gasteiger partial charge in [-0.2, -0.15) is 0 Å². The Morgan fingerprint density at radius 2 is 2.05 bits per heavy atom. The zero-order chi connectivity index (χ0) is 15.5. The second-order valence-corrected chi connectivity index (χ2v) is 6.84.